The predicted octanol–water partition coefficient (Wildman–Crippen LogP) is 5.58. The smallest absolute Gasteiger partial charge is 0.225 e. The highest BCUT2D eigenvalue weighted by Gasteiger charge is 2.39. The molecule has 0 radical (unpaired) electrons. The largest absolute Gasteiger partial charge is 0.489 e. The third-order valence-electron chi connectivity index (χ3n) is 6.62. The quantitative estimate of drug-likeness (QED) is 0.567. The third-order valence-corrected chi connectivity index (χ3v) is 6.62. The molecule has 1 amide bonds. The number of nitrogens with one attached hydrogen (secondary N) is 1. The minimum absolute atomic E-state index is 0.0473. The SMILES string of the molecule is Cc1ccc(C2CC(=O)C3=C(C2)NC(=O)CC3c2ccccc2OCc2ccccc2)cc1. The first kappa shape index (κ1) is 21.2. The maximum absolute atomic E-state index is 13.4. The highest BCUT2D eigenvalue weighted by molar-refractivity contribution is 6.02. The molecule has 0 saturated heterocycles. The topological polar surface area (TPSA) is 55.4 Å². The van der Waals surface area contributed by atoms with Gasteiger partial charge in [0.15, 0.2) is 5.78 Å². The molecule has 4 nitrogen and oxygen atoms in total. The van der Waals surface area contributed by atoms with Crippen LogP contribution in [0, 0.1) is 6.92 Å². The number of carbonyl (C=O) groups excluding carboxylic acids is 2. The molecule has 1 heterocycles. The number of para-hydroxylation sites is 1. The average Bonchev–Trinajstić information content (AvgIpc) is 2.83. The number of Topliss-reactive ketones (excluding diaryl/α,β-unsaturated/α-hetero) is 1. The highest BCUT2D eigenvalue weighted by Crippen LogP contribution is 2.44. The fourth-order valence-corrected chi connectivity index (χ4v) is 4.94. The Hall–Kier alpha value is -3.66. The van der Waals surface area contributed by atoms with Crippen molar-refractivity contribution in [1.82, 2.24) is 5.32 Å². The van der Waals surface area contributed by atoms with Crippen LogP contribution in [0.3, 0.4) is 0 Å². The fourth-order valence-electron chi connectivity index (χ4n) is 4.94. The molecule has 4 heteroatoms. The number of rotatable bonds is 5. The van der Waals surface area contributed by atoms with Crippen molar-refractivity contribution in [3.8, 4) is 5.75 Å². The Balaban J connectivity index is 1.45. The van der Waals surface area contributed by atoms with Gasteiger partial charge in [0.2, 0.25) is 5.91 Å². The molecule has 3 aromatic carbocycles. The van der Waals surface area contributed by atoms with Crippen LogP contribution in [0.25, 0.3) is 0 Å². The number of hydrogen-bond acceptors (Lipinski definition) is 3. The first-order valence-corrected chi connectivity index (χ1v) is 11.5. The minimum atomic E-state index is -0.285. The summed E-state index contributed by atoms with van der Waals surface area (Å²) in [6.45, 7) is 2.49. The Bertz CT molecular complexity index is 1210. The number of amides is 1. The Labute approximate surface area is 194 Å². The molecule has 5 rings (SSSR count). The zero-order chi connectivity index (χ0) is 22.8. The van der Waals surface area contributed by atoms with Gasteiger partial charge in [-0.3, -0.25) is 9.59 Å². The Morgan fingerprint density at radius 2 is 1.58 bits per heavy atom. The molecule has 2 aliphatic rings. The van der Waals surface area contributed by atoms with Gasteiger partial charge < -0.3 is 10.1 Å². The van der Waals surface area contributed by atoms with Gasteiger partial charge in [0.1, 0.15) is 12.4 Å². The van der Waals surface area contributed by atoms with E-state index in [0.29, 0.717) is 19.4 Å². The fraction of sp³-hybridized carbons (Fsp3) is 0.241. The second kappa shape index (κ2) is 9.07. The van der Waals surface area contributed by atoms with Crippen LogP contribution in [0.1, 0.15) is 53.4 Å². The minimum Gasteiger partial charge on any atom is -0.489 e. The number of ether oxygens (including phenoxy) is 1. The van der Waals surface area contributed by atoms with E-state index in [0.717, 1.165) is 33.7 Å². The maximum atomic E-state index is 13.4. The van der Waals surface area contributed by atoms with Crippen molar-refractivity contribution in [2.24, 2.45) is 0 Å². The van der Waals surface area contributed by atoms with Crippen molar-refractivity contribution in [3.63, 3.8) is 0 Å². The van der Waals surface area contributed by atoms with Gasteiger partial charge in [-0.2, -0.15) is 0 Å². The zero-order valence-corrected chi connectivity index (χ0v) is 18.7. The van der Waals surface area contributed by atoms with E-state index >= 15 is 0 Å². The average molecular weight is 438 g/mol. The molecule has 2 atom stereocenters. The zero-order valence-electron chi connectivity index (χ0n) is 18.7. The number of ketones is 1. The number of aryl methyl sites for hydroxylation is 1. The lowest BCUT2D eigenvalue weighted by molar-refractivity contribution is -0.122. The van der Waals surface area contributed by atoms with Crippen LogP contribution in [-0.4, -0.2) is 11.7 Å². The van der Waals surface area contributed by atoms with Gasteiger partial charge in [-0.05, 0) is 36.5 Å². The van der Waals surface area contributed by atoms with Gasteiger partial charge in [-0.25, -0.2) is 0 Å². The van der Waals surface area contributed by atoms with E-state index in [2.05, 4.69) is 36.5 Å². The van der Waals surface area contributed by atoms with E-state index in [1.165, 1.54) is 5.56 Å². The Kier molecular flexibility index (Phi) is 5.82. The van der Waals surface area contributed by atoms with Crippen LogP contribution >= 0.6 is 0 Å². The first-order valence-electron chi connectivity index (χ1n) is 11.5. The van der Waals surface area contributed by atoms with Crippen molar-refractivity contribution < 1.29 is 14.3 Å². The second-order valence-electron chi connectivity index (χ2n) is 8.95. The lowest BCUT2D eigenvalue weighted by Gasteiger charge is -2.35. The van der Waals surface area contributed by atoms with E-state index in [1.54, 1.807) is 0 Å². The lowest BCUT2D eigenvalue weighted by atomic mass is 9.73. The van der Waals surface area contributed by atoms with Gasteiger partial charge in [-0.15, -0.1) is 0 Å². The van der Waals surface area contributed by atoms with Crippen LogP contribution < -0.4 is 10.1 Å². The molecule has 0 fully saturated rings. The molecule has 1 aliphatic carbocycles. The van der Waals surface area contributed by atoms with Gasteiger partial charge >= 0.3 is 0 Å². The van der Waals surface area contributed by atoms with Crippen molar-refractivity contribution in [1.29, 1.82) is 0 Å². The molecular formula is C29H27NO3. The monoisotopic (exact) mass is 437 g/mol. The summed E-state index contributed by atoms with van der Waals surface area (Å²) in [5.41, 5.74) is 5.83. The number of carbonyl (C=O) groups is 2. The Morgan fingerprint density at radius 1 is 0.848 bits per heavy atom. The summed E-state index contributed by atoms with van der Waals surface area (Å²) in [5, 5.41) is 3.02. The third kappa shape index (κ3) is 4.47. The Morgan fingerprint density at radius 3 is 2.36 bits per heavy atom. The summed E-state index contributed by atoms with van der Waals surface area (Å²) in [6, 6.07) is 26.1. The summed E-state index contributed by atoms with van der Waals surface area (Å²) in [5.74, 6) is 0.590. The standard InChI is InChI=1S/C29H27NO3/c1-19-11-13-21(14-12-19)22-15-25-29(26(31)16-22)24(17-28(32)30-25)23-9-5-6-10-27(23)33-18-20-7-3-2-4-8-20/h2-14,22,24H,15-18H2,1H3,(H,30,32). The van der Waals surface area contributed by atoms with E-state index in [1.807, 2.05) is 54.6 Å². The highest BCUT2D eigenvalue weighted by atomic mass is 16.5. The van der Waals surface area contributed by atoms with Crippen molar-refractivity contribution in [2.75, 3.05) is 0 Å². The molecule has 1 aliphatic heterocycles. The number of allylic oxidation sites excluding steroid dienone is 2. The van der Waals surface area contributed by atoms with Crippen molar-refractivity contribution >= 4 is 11.7 Å². The number of benzene rings is 3. The molecule has 0 saturated carbocycles. The molecule has 166 valence electrons. The second-order valence-corrected chi connectivity index (χ2v) is 8.95. The molecule has 0 spiro atoms. The van der Waals surface area contributed by atoms with Crippen molar-refractivity contribution in [3.05, 3.63) is 112 Å². The van der Waals surface area contributed by atoms with E-state index in [9.17, 15) is 9.59 Å². The maximum Gasteiger partial charge on any atom is 0.225 e. The molecule has 3 aromatic rings. The lowest BCUT2D eigenvalue weighted by Crippen LogP contribution is -2.38. The van der Waals surface area contributed by atoms with Gasteiger partial charge in [-0.1, -0.05) is 78.4 Å². The van der Waals surface area contributed by atoms with E-state index in [4.69, 9.17) is 4.74 Å². The molecule has 0 aromatic heterocycles. The summed E-state index contributed by atoms with van der Waals surface area (Å²) >= 11 is 0. The van der Waals surface area contributed by atoms with Crippen LogP contribution in [0.2, 0.25) is 0 Å². The molecule has 0 bridgehead atoms. The summed E-state index contributed by atoms with van der Waals surface area (Å²) in [4.78, 5) is 26.1. The van der Waals surface area contributed by atoms with E-state index in [-0.39, 0.29) is 29.9 Å². The first-order chi connectivity index (χ1) is 16.1. The van der Waals surface area contributed by atoms with Gasteiger partial charge in [0, 0.05) is 35.6 Å². The van der Waals surface area contributed by atoms with Crippen LogP contribution in [0.5, 0.6) is 5.75 Å². The molecule has 33 heavy (non-hydrogen) atoms. The van der Waals surface area contributed by atoms with Gasteiger partial charge in [0.25, 0.3) is 0 Å². The summed E-state index contributed by atoms with van der Waals surface area (Å²) < 4.78 is 6.16. The molecule has 1 N–H and O–H groups in total. The van der Waals surface area contributed by atoms with Crippen LogP contribution in [0.15, 0.2) is 90.1 Å². The van der Waals surface area contributed by atoms with E-state index < -0.39 is 0 Å². The predicted molar refractivity (Wildman–Crippen MR) is 128 cm³/mol. The van der Waals surface area contributed by atoms with Crippen molar-refractivity contribution in [2.45, 2.75) is 44.6 Å². The summed E-state index contributed by atoms with van der Waals surface area (Å²) in [6.07, 6.45) is 1.38. The normalized spacial score (nSPS) is 20.3. The molecular weight excluding hydrogens is 410 g/mol. The molecule has 2 unspecified atom stereocenters. The summed E-state index contributed by atoms with van der Waals surface area (Å²) in [7, 11) is 0. The van der Waals surface area contributed by atoms with Crippen LogP contribution in [0.4, 0.5) is 0 Å². The number of hydrogen-bond donors (Lipinski definition) is 1. The van der Waals surface area contributed by atoms with Crippen LogP contribution in [-0.2, 0) is 16.2 Å². The van der Waals surface area contributed by atoms with Gasteiger partial charge in [0.05, 0.1) is 0 Å².